The van der Waals surface area contributed by atoms with Crippen LogP contribution in [-0.4, -0.2) is 11.2 Å². The number of allylic oxidation sites excluding steroid dienone is 2. The molecule has 1 unspecified atom stereocenters. The Balaban J connectivity index is 1.53. The number of hydrogen-bond acceptors (Lipinski definition) is 1. The van der Waals surface area contributed by atoms with Crippen molar-refractivity contribution >= 4 is 0 Å². The van der Waals surface area contributed by atoms with E-state index in [-0.39, 0.29) is 6.10 Å². The maximum absolute atomic E-state index is 10.6. The van der Waals surface area contributed by atoms with Gasteiger partial charge in [0, 0.05) is 0 Å². The summed E-state index contributed by atoms with van der Waals surface area (Å²) in [5, 5.41) is 10.6. The SMILES string of the molecule is C/C(=C\[C@@H](C)[C@H]1CC[C@H]2[C@@H]3CC[C@H]4[C@H](C)[C@@H](O)CC[C@]4(C)[C@H]3CC[C@]12C)C(C)C(C)C. The van der Waals surface area contributed by atoms with Gasteiger partial charge < -0.3 is 5.11 Å². The summed E-state index contributed by atoms with van der Waals surface area (Å²) in [7, 11) is 0. The molecule has 0 bridgehead atoms. The normalized spacial score (nSPS) is 49.9. The van der Waals surface area contributed by atoms with E-state index < -0.39 is 0 Å². The highest BCUT2D eigenvalue weighted by Gasteiger charge is 2.61. The van der Waals surface area contributed by atoms with Crippen molar-refractivity contribution in [2.24, 2.45) is 64.1 Å². The van der Waals surface area contributed by atoms with E-state index in [1.165, 1.54) is 44.9 Å². The van der Waals surface area contributed by atoms with Crippen LogP contribution in [0.25, 0.3) is 0 Å². The Labute approximate surface area is 193 Å². The quantitative estimate of drug-likeness (QED) is 0.448. The molecule has 0 spiro atoms. The minimum Gasteiger partial charge on any atom is -0.393 e. The maximum Gasteiger partial charge on any atom is 0.0568 e. The molecule has 0 amide bonds. The van der Waals surface area contributed by atoms with Crippen molar-refractivity contribution in [3.05, 3.63) is 11.6 Å². The zero-order valence-corrected chi connectivity index (χ0v) is 22.0. The second kappa shape index (κ2) is 8.48. The molecule has 0 aromatic heterocycles. The van der Waals surface area contributed by atoms with Crippen LogP contribution in [0.3, 0.4) is 0 Å². The lowest BCUT2D eigenvalue weighted by molar-refractivity contribution is -0.148. The van der Waals surface area contributed by atoms with Crippen molar-refractivity contribution in [1.29, 1.82) is 0 Å². The Morgan fingerprint density at radius 3 is 2.13 bits per heavy atom. The first-order chi connectivity index (χ1) is 14.5. The fourth-order valence-electron chi connectivity index (χ4n) is 9.82. The summed E-state index contributed by atoms with van der Waals surface area (Å²) in [6.07, 6.45) is 13.5. The lowest BCUT2D eigenvalue weighted by atomic mass is 9.43. The Morgan fingerprint density at radius 1 is 0.839 bits per heavy atom. The highest BCUT2D eigenvalue weighted by Crippen LogP contribution is 2.68. The second-order valence-corrected chi connectivity index (χ2v) is 13.6. The van der Waals surface area contributed by atoms with E-state index in [4.69, 9.17) is 0 Å². The number of aliphatic hydroxyl groups is 1. The minimum absolute atomic E-state index is 0.0524. The molecule has 0 aromatic rings. The largest absolute Gasteiger partial charge is 0.393 e. The lowest BCUT2D eigenvalue weighted by Gasteiger charge is -2.62. The molecule has 11 atom stereocenters. The van der Waals surface area contributed by atoms with Crippen molar-refractivity contribution in [1.82, 2.24) is 0 Å². The van der Waals surface area contributed by atoms with Crippen LogP contribution in [0, 0.1) is 64.1 Å². The fraction of sp³-hybridized carbons (Fsp3) is 0.933. The standard InChI is InChI=1S/C30H52O/c1-18(2)21(5)19(3)17-20(4)24-11-12-26-23-9-10-25-22(6)28(31)14-16-30(25,8)27(23)13-15-29(24,26)7/h17-18,20-28,31H,9-16H2,1-8H3/b19-17+/t20-,21?,22+,23+,24-,25+,26+,27+,28+,29-,30+/m1/s1. The van der Waals surface area contributed by atoms with Crippen LogP contribution in [0.5, 0.6) is 0 Å². The van der Waals surface area contributed by atoms with Crippen molar-refractivity contribution in [3.63, 3.8) is 0 Å². The molecular weight excluding hydrogens is 376 g/mol. The van der Waals surface area contributed by atoms with Crippen LogP contribution in [0.4, 0.5) is 0 Å². The molecule has 0 aromatic carbocycles. The lowest BCUT2D eigenvalue weighted by Crippen LogP contribution is -2.56. The molecular formula is C30H52O. The second-order valence-electron chi connectivity index (χ2n) is 13.6. The molecule has 4 aliphatic carbocycles. The summed E-state index contributed by atoms with van der Waals surface area (Å²) in [5.74, 6) is 7.05. The molecule has 1 heteroatoms. The van der Waals surface area contributed by atoms with E-state index in [1.807, 2.05) is 0 Å². The van der Waals surface area contributed by atoms with Crippen molar-refractivity contribution in [2.75, 3.05) is 0 Å². The van der Waals surface area contributed by atoms with E-state index >= 15 is 0 Å². The molecule has 0 heterocycles. The molecule has 0 aliphatic heterocycles. The Bertz CT molecular complexity index is 678. The summed E-state index contributed by atoms with van der Waals surface area (Å²) < 4.78 is 0. The van der Waals surface area contributed by atoms with E-state index in [0.29, 0.717) is 28.6 Å². The van der Waals surface area contributed by atoms with Gasteiger partial charge in [-0.3, -0.25) is 0 Å². The van der Waals surface area contributed by atoms with Crippen LogP contribution in [0.15, 0.2) is 11.6 Å². The van der Waals surface area contributed by atoms with Crippen LogP contribution in [-0.2, 0) is 0 Å². The van der Waals surface area contributed by atoms with Gasteiger partial charge in [0.15, 0.2) is 0 Å². The first-order valence-corrected chi connectivity index (χ1v) is 13.9. The van der Waals surface area contributed by atoms with Gasteiger partial charge in [-0.05, 0) is 122 Å². The van der Waals surface area contributed by atoms with Crippen molar-refractivity contribution in [2.45, 2.75) is 113 Å². The van der Waals surface area contributed by atoms with E-state index in [9.17, 15) is 5.11 Å². The smallest absolute Gasteiger partial charge is 0.0568 e. The summed E-state index contributed by atoms with van der Waals surface area (Å²) in [6, 6.07) is 0. The number of rotatable bonds is 4. The van der Waals surface area contributed by atoms with Gasteiger partial charge in [0.25, 0.3) is 0 Å². The Hall–Kier alpha value is -0.300. The molecule has 4 fully saturated rings. The molecule has 31 heavy (non-hydrogen) atoms. The van der Waals surface area contributed by atoms with Crippen LogP contribution in [0.2, 0.25) is 0 Å². The van der Waals surface area contributed by atoms with Gasteiger partial charge in [0.05, 0.1) is 6.10 Å². The molecule has 1 N–H and O–H groups in total. The minimum atomic E-state index is -0.0524. The van der Waals surface area contributed by atoms with Gasteiger partial charge >= 0.3 is 0 Å². The van der Waals surface area contributed by atoms with E-state index in [1.54, 1.807) is 5.57 Å². The molecule has 0 radical (unpaired) electrons. The topological polar surface area (TPSA) is 20.2 Å². The molecule has 4 saturated carbocycles. The predicted octanol–water partition coefficient (Wildman–Crippen LogP) is 8.13. The first kappa shape index (κ1) is 23.8. The molecule has 4 rings (SSSR count). The molecule has 178 valence electrons. The van der Waals surface area contributed by atoms with Gasteiger partial charge in [-0.15, -0.1) is 0 Å². The van der Waals surface area contributed by atoms with Crippen molar-refractivity contribution < 1.29 is 5.11 Å². The summed E-state index contributed by atoms with van der Waals surface area (Å²) in [6.45, 7) is 19.7. The predicted molar refractivity (Wildman–Crippen MR) is 133 cm³/mol. The average Bonchev–Trinajstić information content (AvgIpc) is 3.07. The Kier molecular flexibility index (Phi) is 6.53. The van der Waals surface area contributed by atoms with Gasteiger partial charge in [0.2, 0.25) is 0 Å². The third-order valence-corrected chi connectivity index (χ3v) is 12.1. The van der Waals surface area contributed by atoms with Gasteiger partial charge in [-0.2, -0.15) is 0 Å². The van der Waals surface area contributed by atoms with Crippen molar-refractivity contribution in [3.8, 4) is 0 Å². The number of aliphatic hydroxyl groups excluding tert-OH is 1. The third-order valence-electron chi connectivity index (χ3n) is 12.1. The zero-order valence-electron chi connectivity index (χ0n) is 22.0. The molecule has 1 nitrogen and oxygen atoms in total. The first-order valence-electron chi connectivity index (χ1n) is 13.9. The highest BCUT2D eigenvalue weighted by molar-refractivity contribution is 5.13. The maximum atomic E-state index is 10.6. The van der Waals surface area contributed by atoms with Gasteiger partial charge in [-0.25, -0.2) is 0 Å². The van der Waals surface area contributed by atoms with E-state index in [0.717, 1.165) is 41.9 Å². The summed E-state index contributed by atoms with van der Waals surface area (Å²) in [5.41, 5.74) is 2.64. The molecule has 4 aliphatic rings. The number of fused-ring (bicyclic) bond motifs is 5. The fourth-order valence-corrected chi connectivity index (χ4v) is 9.82. The van der Waals surface area contributed by atoms with Gasteiger partial charge in [-0.1, -0.05) is 60.1 Å². The van der Waals surface area contributed by atoms with Crippen LogP contribution in [0.1, 0.15) is 107 Å². The van der Waals surface area contributed by atoms with E-state index in [2.05, 4.69) is 61.5 Å². The number of hydrogen-bond donors (Lipinski definition) is 1. The van der Waals surface area contributed by atoms with Crippen LogP contribution >= 0.6 is 0 Å². The third kappa shape index (κ3) is 3.77. The molecule has 0 saturated heterocycles. The summed E-state index contributed by atoms with van der Waals surface area (Å²) in [4.78, 5) is 0. The Morgan fingerprint density at radius 2 is 1.45 bits per heavy atom. The van der Waals surface area contributed by atoms with Crippen LogP contribution < -0.4 is 0 Å². The average molecular weight is 429 g/mol. The highest BCUT2D eigenvalue weighted by atomic mass is 16.3. The summed E-state index contributed by atoms with van der Waals surface area (Å²) >= 11 is 0. The monoisotopic (exact) mass is 428 g/mol. The zero-order chi connectivity index (χ0) is 22.7. The van der Waals surface area contributed by atoms with Gasteiger partial charge in [0.1, 0.15) is 0 Å².